The van der Waals surface area contributed by atoms with Gasteiger partial charge in [-0.15, -0.1) is 0 Å². The number of carbonyl (C=O) groups is 2. The van der Waals surface area contributed by atoms with E-state index in [1.807, 2.05) is 12.1 Å². The molecule has 37 heavy (non-hydrogen) atoms. The zero-order chi connectivity index (χ0) is 26.8. The van der Waals surface area contributed by atoms with Gasteiger partial charge < -0.3 is 10.2 Å². The van der Waals surface area contributed by atoms with Crippen molar-refractivity contribution < 1.29 is 22.8 Å². The van der Waals surface area contributed by atoms with Gasteiger partial charge in [0.2, 0.25) is 0 Å². The minimum atomic E-state index is -4.52. The van der Waals surface area contributed by atoms with Gasteiger partial charge in [0.05, 0.1) is 5.56 Å². The van der Waals surface area contributed by atoms with Gasteiger partial charge in [-0.2, -0.15) is 13.2 Å². The summed E-state index contributed by atoms with van der Waals surface area (Å²) in [6.07, 6.45) is 0.275. The molecule has 0 aliphatic rings. The van der Waals surface area contributed by atoms with Crippen molar-refractivity contribution in [1.82, 2.24) is 5.32 Å². The van der Waals surface area contributed by atoms with Crippen LogP contribution in [-0.2, 0) is 12.6 Å². The summed E-state index contributed by atoms with van der Waals surface area (Å²) in [6.45, 7) is 4.36. The fourth-order valence-electron chi connectivity index (χ4n) is 4.10. The van der Waals surface area contributed by atoms with E-state index < -0.39 is 11.7 Å². The van der Waals surface area contributed by atoms with E-state index in [9.17, 15) is 22.8 Å². The maximum Gasteiger partial charge on any atom is 0.416 e. The Balaban J connectivity index is 1.67. The Labute approximate surface area is 216 Å². The standard InChI is InChI=1S/C30H33F3N2O2/c1-3-4-5-11-23-15-17-24(18-16-23)28(36)34-19-9-20-35(29(37)27-14-7-6-10-22(27)2)26-13-8-12-25(21-26)30(31,32)33/h6-8,10,12-18,21H,3-5,9,11,19-20H2,1-2H3,(H,34,36). The van der Waals surface area contributed by atoms with Gasteiger partial charge in [-0.1, -0.05) is 56.2 Å². The molecule has 0 radical (unpaired) electrons. The predicted octanol–water partition coefficient (Wildman–Crippen LogP) is 7.21. The Kier molecular flexibility index (Phi) is 9.89. The van der Waals surface area contributed by atoms with Crippen LogP contribution in [0.5, 0.6) is 0 Å². The lowest BCUT2D eigenvalue weighted by atomic mass is 10.1. The number of alkyl halides is 3. The number of carbonyl (C=O) groups excluding carboxylic acids is 2. The minimum absolute atomic E-state index is 0.144. The lowest BCUT2D eigenvalue weighted by molar-refractivity contribution is -0.137. The van der Waals surface area contributed by atoms with Crippen molar-refractivity contribution in [2.75, 3.05) is 18.0 Å². The van der Waals surface area contributed by atoms with Crippen LogP contribution in [0.2, 0.25) is 0 Å². The molecule has 0 saturated heterocycles. The highest BCUT2D eigenvalue weighted by molar-refractivity contribution is 6.07. The third-order valence-electron chi connectivity index (χ3n) is 6.23. The fraction of sp³-hybridized carbons (Fsp3) is 0.333. The molecular formula is C30H33F3N2O2. The van der Waals surface area contributed by atoms with Crippen LogP contribution in [-0.4, -0.2) is 24.9 Å². The van der Waals surface area contributed by atoms with Gasteiger partial charge in [0.1, 0.15) is 0 Å². The lowest BCUT2D eigenvalue weighted by Gasteiger charge is -2.25. The van der Waals surface area contributed by atoms with E-state index in [0.29, 0.717) is 17.5 Å². The molecular weight excluding hydrogens is 477 g/mol. The van der Waals surface area contributed by atoms with Crippen LogP contribution >= 0.6 is 0 Å². The van der Waals surface area contributed by atoms with Gasteiger partial charge in [-0.05, 0) is 73.7 Å². The molecule has 0 saturated carbocycles. The van der Waals surface area contributed by atoms with Crippen molar-refractivity contribution in [1.29, 1.82) is 0 Å². The third kappa shape index (κ3) is 7.94. The number of anilines is 1. The number of hydrogen-bond donors (Lipinski definition) is 1. The van der Waals surface area contributed by atoms with Crippen LogP contribution in [0.1, 0.15) is 70.0 Å². The quantitative estimate of drug-likeness (QED) is 0.277. The van der Waals surface area contributed by atoms with Crippen LogP contribution in [0.4, 0.5) is 18.9 Å². The Morgan fingerprint density at radius 3 is 2.30 bits per heavy atom. The highest BCUT2D eigenvalue weighted by atomic mass is 19.4. The zero-order valence-electron chi connectivity index (χ0n) is 21.3. The number of rotatable bonds is 11. The van der Waals surface area contributed by atoms with Gasteiger partial charge in [-0.3, -0.25) is 9.59 Å². The highest BCUT2D eigenvalue weighted by Gasteiger charge is 2.31. The van der Waals surface area contributed by atoms with Crippen LogP contribution in [0.25, 0.3) is 0 Å². The number of halogens is 3. The van der Waals surface area contributed by atoms with E-state index in [1.165, 1.54) is 29.0 Å². The SMILES string of the molecule is CCCCCc1ccc(C(=O)NCCCN(C(=O)c2ccccc2C)c2cccc(C(F)(F)F)c2)cc1. The molecule has 4 nitrogen and oxygen atoms in total. The Bertz CT molecular complexity index is 1190. The van der Waals surface area contributed by atoms with Crippen LogP contribution in [0, 0.1) is 6.92 Å². The molecule has 0 fully saturated rings. The number of nitrogens with one attached hydrogen (secondary N) is 1. The summed E-state index contributed by atoms with van der Waals surface area (Å²) in [5.41, 5.74) is 2.23. The van der Waals surface area contributed by atoms with Crippen molar-refractivity contribution in [3.05, 3.63) is 101 Å². The molecule has 3 rings (SSSR count). The summed E-state index contributed by atoms with van der Waals surface area (Å²) in [6, 6.07) is 19.2. The Hall–Kier alpha value is -3.61. The second kappa shape index (κ2) is 13.1. The second-order valence-corrected chi connectivity index (χ2v) is 9.08. The summed E-state index contributed by atoms with van der Waals surface area (Å²) >= 11 is 0. The molecule has 0 spiro atoms. The number of nitrogens with zero attached hydrogens (tertiary/aromatic N) is 1. The third-order valence-corrected chi connectivity index (χ3v) is 6.23. The molecule has 1 N–H and O–H groups in total. The van der Waals surface area contributed by atoms with E-state index in [0.717, 1.165) is 37.0 Å². The number of benzene rings is 3. The predicted molar refractivity (Wildman–Crippen MR) is 141 cm³/mol. The van der Waals surface area contributed by atoms with Crippen LogP contribution in [0.3, 0.4) is 0 Å². The van der Waals surface area contributed by atoms with Crippen LogP contribution < -0.4 is 10.2 Å². The molecule has 0 atom stereocenters. The van der Waals surface area contributed by atoms with Crippen molar-refractivity contribution in [3.63, 3.8) is 0 Å². The first-order valence-corrected chi connectivity index (χ1v) is 12.6. The maximum atomic E-state index is 13.4. The normalized spacial score (nSPS) is 11.3. The maximum absolute atomic E-state index is 13.4. The lowest BCUT2D eigenvalue weighted by Crippen LogP contribution is -2.35. The van der Waals surface area contributed by atoms with Crippen molar-refractivity contribution in [2.24, 2.45) is 0 Å². The molecule has 0 unspecified atom stereocenters. The molecule has 3 aromatic rings. The molecule has 0 heterocycles. The molecule has 196 valence electrons. The summed E-state index contributed by atoms with van der Waals surface area (Å²) in [7, 11) is 0. The molecule has 3 aromatic carbocycles. The first kappa shape index (κ1) is 28.0. The largest absolute Gasteiger partial charge is 0.416 e. The average Bonchev–Trinajstić information content (AvgIpc) is 2.88. The Morgan fingerprint density at radius 2 is 1.62 bits per heavy atom. The molecule has 0 aromatic heterocycles. The van der Waals surface area contributed by atoms with Gasteiger partial charge in [0.15, 0.2) is 0 Å². The summed E-state index contributed by atoms with van der Waals surface area (Å²) in [5.74, 6) is -0.613. The summed E-state index contributed by atoms with van der Waals surface area (Å²) < 4.78 is 40.0. The van der Waals surface area contributed by atoms with Crippen LogP contribution in [0.15, 0.2) is 72.8 Å². The van der Waals surface area contributed by atoms with E-state index in [4.69, 9.17) is 0 Å². The summed E-state index contributed by atoms with van der Waals surface area (Å²) in [4.78, 5) is 27.3. The van der Waals surface area contributed by atoms with Gasteiger partial charge in [-0.25, -0.2) is 0 Å². The first-order chi connectivity index (χ1) is 17.7. The fourth-order valence-corrected chi connectivity index (χ4v) is 4.10. The summed E-state index contributed by atoms with van der Waals surface area (Å²) in [5, 5.41) is 2.85. The number of unbranched alkanes of at least 4 members (excludes halogenated alkanes) is 2. The molecule has 0 bridgehead atoms. The minimum Gasteiger partial charge on any atom is -0.352 e. The van der Waals surface area contributed by atoms with E-state index in [1.54, 1.807) is 43.3 Å². The van der Waals surface area contributed by atoms with Gasteiger partial charge in [0.25, 0.3) is 11.8 Å². The second-order valence-electron chi connectivity index (χ2n) is 9.08. The van der Waals surface area contributed by atoms with E-state index in [-0.39, 0.29) is 30.6 Å². The average molecular weight is 511 g/mol. The van der Waals surface area contributed by atoms with Gasteiger partial charge in [0, 0.05) is 29.9 Å². The Morgan fingerprint density at radius 1 is 0.892 bits per heavy atom. The van der Waals surface area contributed by atoms with Crippen molar-refractivity contribution in [2.45, 2.75) is 52.1 Å². The smallest absolute Gasteiger partial charge is 0.352 e. The number of hydrogen-bond acceptors (Lipinski definition) is 2. The van der Waals surface area contributed by atoms with Crippen molar-refractivity contribution >= 4 is 17.5 Å². The van der Waals surface area contributed by atoms with Crippen molar-refractivity contribution in [3.8, 4) is 0 Å². The molecule has 7 heteroatoms. The number of aryl methyl sites for hydroxylation is 2. The first-order valence-electron chi connectivity index (χ1n) is 12.6. The molecule has 2 amide bonds. The monoisotopic (exact) mass is 510 g/mol. The molecule has 0 aliphatic heterocycles. The zero-order valence-corrected chi connectivity index (χ0v) is 21.3. The van der Waals surface area contributed by atoms with Gasteiger partial charge >= 0.3 is 6.18 Å². The van der Waals surface area contributed by atoms with E-state index in [2.05, 4.69) is 12.2 Å². The highest BCUT2D eigenvalue weighted by Crippen LogP contribution is 2.32. The van der Waals surface area contributed by atoms with E-state index >= 15 is 0 Å². The molecule has 0 aliphatic carbocycles. The number of amides is 2. The topological polar surface area (TPSA) is 49.4 Å².